The van der Waals surface area contributed by atoms with E-state index in [1.165, 1.54) is 12.1 Å². The molecular weight excluding hydrogens is 300 g/mol. The van der Waals surface area contributed by atoms with Crippen LogP contribution in [0.4, 0.5) is 8.78 Å². The molecule has 0 aliphatic carbocycles. The predicted octanol–water partition coefficient (Wildman–Crippen LogP) is 4.12. The van der Waals surface area contributed by atoms with E-state index in [1.807, 2.05) is 18.4 Å². The number of nitrogens with zero attached hydrogens (tertiary/aromatic N) is 1. The van der Waals surface area contributed by atoms with Gasteiger partial charge < -0.3 is 9.30 Å². The number of carbonyl (C=O) groups excluding carboxylic acids is 1. The first-order valence-electron chi connectivity index (χ1n) is 6.27. The lowest BCUT2D eigenvalue weighted by Gasteiger charge is -2.11. The van der Waals surface area contributed by atoms with E-state index in [2.05, 4.69) is 4.74 Å². The van der Waals surface area contributed by atoms with Gasteiger partial charge in [0, 0.05) is 22.6 Å². The molecule has 0 fully saturated rings. The molecule has 2 rings (SSSR count). The van der Waals surface area contributed by atoms with E-state index < -0.39 is 6.61 Å². The normalized spacial score (nSPS) is 11.0. The Bertz CT molecular complexity index is 650. The maximum atomic E-state index is 12.1. The Morgan fingerprint density at radius 3 is 2.43 bits per heavy atom. The number of Topliss-reactive ketones (excluding diaryl/α,β-unsaturated/α-hetero) is 1. The Kier molecular flexibility index (Phi) is 4.63. The number of carbonyl (C=O) groups is 1. The third-order valence-corrected chi connectivity index (χ3v) is 3.42. The van der Waals surface area contributed by atoms with Crippen LogP contribution in [0.2, 0.25) is 0 Å². The molecule has 6 heteroatoms. The first kappa shape index (κ1) is 15.5. The van der Waals surface area contributed by atoms with E-state index in [9.17, 15) is 13.6 Å². The molecule has 112 valence electrons. The van der Waals surface area contributed by atoms with Crippen molar-refractivity contribution in [3.05, 3.63) is 47.3 Å². The zero-order valence-electron chi connectivity index (χ0n) is 11.6. The lowest BCUT2D eigenvalue weighted by molar-refractivity contribution is -0.0498. The number of benzene rings is 1. The molecular formula is C15H14ClF2NO2. The van der Waals surface area contributed by atoms with E-state index in [4.69, 9.17) is 11.6 Å². The minimum absolute atomic E-state index is 0.0779. The fraction of sp³-hybridized carbons (Fsp3) is 0.267. The highest BCUT2D eigenvalue weighted by molar-refractivity contribution is 6.30. The summed E-state index contributed by atoms with van der Waals surface area (Å²) < 4.78 is 30.4. The van der Waals surface area contributed by atoms with Crippen LogP contribution in [-0.2, 0) is 0 Å². The lowest BCUT2D eigenvalue weighted by atomic mass is 10.2. The van der Waals surface area contributed by atoms with Crippen LogP contribution >= 0.6 is 11.6 Å². The fourth-order valence-electron chi connectivity index (χ4n) is 2.29. The molecule has 3 nitrogen and oxygen atoms in total. The molecule has 0 aliphatic heterocycles. The number of alkyl halides is 3. The number of ether oxygens (including phenoxy) is 1. The summed E-state index contributed by atoms with van der Waals surface area (Å²) in [7, 11) is 0. The summed E-state index contributed by atoms with van der Waals surface area (Å²) in [6.07, 6.45) is 0. The molecule has 0 saturated carbocycles. The van der Waals surface area contributed by atoms with E-state index in [1.54, 1.807) is 18.2 Å². The highest BCUT2D eigenvalue weighted by Crippen LogP contribution is 2.24. The number of aromatic nitrogens is 1. The molecule has 0 unspecified atom stereocenters. The van der Waals surface area contributed by atoms with E-state index in [0.717, 1.165) is 17.1 Å². The molecule has 0 saturated heterocycles. The van der Waals surface area contributed by atoms with Crippen LogP contribution in [0, 0.1) is 13.8 Å². The van der Waals surface area contributed by atoms with Gasteiger partial charge in [-0.2, -0.15) is 8.78 Å². The summed E-state index contributed by atoms with van der Waals surface area (Å²) in [4.78, 5) is 11.8. The number of halogens is 3. The third-order valence-electron chi connectivity index (χ3n) is 3.17. The molecule has 0 spiro atoms. The van der Waals surface area contributed by atoms with Gasteiger partial charge in [0.1, 0.15) is 5.75 Å². The van der Waals surface area contributed by atoms with Crippen molar-refractivity contribution >= 4 is 17.4 Å². The number of hydrogen-bond acceptors (Lipinski definition) is 2. The molecule has 0 radical (unpaired) electrons. The van der Waals surface area contributed by atoms with E-state index >= 15 is 0 Å². The monoisotopic (exact) mass is 313 g/mol. The van der Waals surface area contributed by atoms with Gasteiger partial charge in [-0.1, -0.05) is 0 Å². The van der Waals surface area contributed by atoms with Gasteiger partial charge in [-0.3, -0.25) is 4.79 Å². The Morgan fingerprint density at radius 2 is 1.90 bits per heavy atom. The summed E-state index contributed by atoms with van der Waals surface area (Å²) in [5.41, 5.74) is 2.96. The van der Waals surface area contributed by atoms with Crippen molar-refractivity contribution in [2.75, 3.05) is 5.88 Å². The van der Waals surface area contributed by atoms with Crippen molar-refractivity contribution in [1.82, 2.24) is 4.57 Å². The minimum Gasteiger partial charge on any atom is -0.435 e. The maximum Gasteiger partial charge on any atom is 0.387 e. The molecule has 21 heavy (non-hydrogen) atoms. The molecule has 0 amide bonds. The van der Waals surface area contributed by atoms with Crippen molar-refractivity contribution in [3.8, 4) is 11.4 Å². The smallest absolute Gasteiger partial charge is 0.387 e. The molecule has 0 bridgehead atoms. The van der Waals surface area contributed by atoms with Crippen LogP contribution in [-0.4, -0.2) is 22.8 Å². The first-order valence-corrected chi connectivity index (χ1v) is 6.81. The fourth-order valence-corrected chi connectivity index (χ4v) is 2.44. The Labute approximate surface area is 126 Å². The quantitative estimate of drug-likeness (QED) is 0.614. The molecule has 2 aromatic rings. The largest absolute Gasteiger partial charge is 0.435 e. The Morgan fingerprint density at radius 1 is 1.29 bits per heavy atom. The molecule has 1 aromatic heterocycles. The van der Waals surface area contributed by atoms with Gasteiger partial charge in [0.15, 0.2) is 5.78 Å². The minimum atomic E-state index is -2.85. The third kappa shape index (κ3) is 3.24. The number of aryl methyl sites for hydroxylation is 1. The summed E-state index contributed by atoms with van der Waals surface area (Å²) in [5, 5.41) is 0. The van der Waals surface area contributed by atoms with Gasteiger partial charge in [0.05, 0.1) is 5.88 Å². The summed E-state index contributed by atoms with van der Waals surface area (Å²) >= 11 is 5.59. The first-order chi connectivity index (χ1) is 9.93. The molecule has 1 aromatic carbocycles. The topological polar surface area (TPSA) is 31.2 Å². The number of ketones is 1. The van der Waals surface area contributed by atoms with Crippen LogP contribution in [0.5, 0.6) is 5.75 Å². The lowest BCUT2D eigenvalue weighted by Crippen LogP contribution is -2.05. The average Bonchev–Trinajstić information content (AvgIpc) is 2.74. The highest BCUT2D eigenvalue weighted by Gasteiger charge is 2.16. The van der Waals surface area contributed by atoms with Gasteiger partial charge in [0.2, 0.25) is 0 Å². The number of hydrogen-bond donors (Lipinski definition) is 0. The van der Waals surface area contributed by atoms with Crippen LogP contribution in [0.3, 0.4) is 0 Å². The second kappa shape index (κ2) is 6.26. The van der Waals surface area contributed by atoms with Crippen LogP contribution in [0.25, 0.3) is 5.69 Å². The highest BCUT2D eigenvalue weighted by atomic mass is 35.5. The van der Waals surface area contributed by atoms with Crippen molar-refractivity contribution in [2.24, 2.45) is 0 Å². The summed E-state index contributed by atoms with van der Waals surface area (Å²) in [6.45, 7) is 0.830. The molecule has 0 aliphatic rings. The van der Waals surface area contributed by atoms with Gasteiger partial charge in [-0.15, -0.1) is 11.6 Å². The van der Waals surface area contributed by atoms with Crippen LogP contribution in [0.15, 0.2) is 30.3 Å². The molecule has 0 atom stereocenters. The summed E-state index contributed by atoms with van der Waals surface area (Å²) in [5.74, 6) is -0.132. The molecule has 1 heterocycles. The standard InChI is InChI=1S/C15H14ClF2NO2/c1-9-7-13(14(20)8-16)10(2)19(9)11-3-5-12(6-4-11)21-15(17)18/h3-7,15H,8H2,1-2H3. The second-order valence-electron chi connectivity index (χ2n) is 4.55. The van der Waals surface area contributed by atoms with Gasteiger partial charge in [0.25, 0.3) is 0 Å². The molecule has 0 N–H and O–H groups in total. The second-order valence-corrected chi connectivity index (χ2v) is 4.82. The Balaban J connectivity index is 2.38. The van der Waals surface area contributed by atoms with Crippen molar-refractivity contribution in [3.63, 3.8) is 0 Å². The maximum absolute atomic E-state index is 12.1. The predicted molar refractivity (Wildman–Crippen MR) is 76.9 cm³/mol. The van der Waals surface area contributed by atoms with E-state index in [0.29, 0.717) is 5.56 Å². The van der Waals surface area contributed by atoms with Gasteiger partial charge in [-0.05, 0) is 44.2 Å². The van der Waals surface area contributed by atoms with Crippen molar-refractivity contribution in [2.45, 2.75) is 20.5 Å². The van der Waals surface area contributed by atoms with Gasteiger partial charge in [-0.25, -0.2) is 0 Å². The zero-order valence-corrected chi connectivity index (χ0v) is 12.3. The average molecular weight is 314 g/mol. The zero-order chi connectivity index (χ0) is 15.6. The van der Waals surface area contributed by atoms with Crippen molar-refractivity contribution < 1.29 is 18.3 Å². The number of rotatable bonds is 5. The van der Waals surface area contributed by atoms with Crippen LogP contribution < -0.4 is 4.74 Å². The summed E-state index contributed by atoms with van der Waals surface area (Å²) in [6, 6.07) is 8.01. The van der Waals surface area contributed by atoms with Gasteiger partial charge >= 0.3 is 6.61 Å². The van der Waals surface area contributed by atoms with Crippen LogP contribution in [0.1, 0.15) is 21.7 Å². The Hall–Kier alpha value is -1.88. The SMILES string of the molecule is Cc1cc(C(=O)CCl)c(C)n1-c1ccc(OC(F)F)cc1. The van der Waals surface area contributed by atoms with Crippen molar-refractivity contribution in [1.29, 1.82) is 0 Å². The van der Waals surface area contributed by atoms with E-state index in [-0.39, 0.29) is 17.4 Å².